The molecule has 9 nitrogen and oxygen atoms in total. The Morgan fingerprint density at radius 1 is 1.03 bits per heavy atom. The molecule has 1 N–H and O–H groups in total. The van der Waals surface area contributed by atoms with Crippen LogP contribution in [0.15, 0.2) is 40.8 Å². The zero-order valence-corrected chi connectivity index (χ0v) is 18.8. The Morgan fingerprint density at radius 3 is 2.38 bits per heavy atom. The molecule has 170 valence electrons. The predicted octanol–water partition coefficient (Wildman–Crippen LogP) is 3.92. The number of amides is 3. The van der Waals surface area contributed by atoms with E-state index in [9.17, 15) is 24.4 Å². The molecule has 0 saturated carbocycles. The van der Waals surface area contributed by atoms with Crippen LogP contribution in [0.2, 0.25) is 0 Å². The van der Waals surface area contributed by atoms with E-state index in [1.807, 2.05) is 32.0 Å². The third-order valence-electron chi connectivity index (χ3n) is 5.55. The van der Waals surface area contributed by atoms with E-state index < -0.39 is 23.7 Å². The van der Waals surface area contributed by atoms with Crippen molar-refractivity contribution < 1.29 is 28.3 Å². The lowest BCUT2D eigenvalue weighted by molar-refractivity contribution is 0.0598. The van der Waals surface area contributed by atoms with Gasteiger partial charge in [0.25, 0.3) is 17.7 Å². The number of nitrogens with zero attached hydrogens (tertiary/aromatic N) is 2. The first-order valence-electron chi connectivity index (χ1n) is 10.2. The number of imide groups is 1. The number of nitriles is 1. The number of methoxy groups -OCH3 is 1. The van der Waals surface area contributed by atoms with Crippen molar-refractivity contribution in [3.8, 4) is 6.07 Å². The lowest BCUT2D eigenvalue weighted by Gasteiger charge is -2.16. The molecule has 1 aliphatic heterocycles. The van der Waals surface area contributed by atoms with E-state index >= 15 is 0 Å². The summed E-state index contributed by atoms with van der Waals surface area (Å²) in [6, 6.07) is 11.3. The summed E-state index contributed by atoms with van der Waals surface area (Å²) in [4.78, 5) is 51.9. The van der Waals surface area contributed by atoms with Gasteiger partial charge in [-0.15, -0.1) is 0 Å². The van der Waals surface area contributed by atoms with Crippen molar-refractivity contribution in [1.82, 2.24) is 0 Å². The van der Waals surface area contributed by atoms with Crippen molar-refractivity contribution >= 4 is 35.3 Å². The van der Waals surface area contributed by atoms with Crippen LogP contribution < -0.4 is 10.2 Å². The van der Waals surface area contributed by atoms with E-state index in [2.05, 4.69) is 10.1 Å². The Bertz CT molecular complexity index is 1440. The molecule has 3 aromatic rings. The van der Waals surface area contributed by atoms with Crippen LogP contribution >= 0.6 is 0 Å². The topological polar surface area (TPSA) is 130 Å². The van der Waals surface area contributed by atoms with Gasteiger partial charge < -0.3 is 9.15 Å². The summed E-state index contributed by atoms with van der Waals surface area (Å²) in [7, 11) is 1.17. The molecular formula is C25H19N3O6. The fourth-order valence-corrected chi connectivity index (χ4v) is 3.92. The molecule has 1 aliphatic rings. The van der Waals surface area contributed by atoms with Crippen LogP contribution in [0.25, 0.3) is 0 Å². The van der Waals surface area contributed by atoms with E-state index in [1.165, 1.54) is 32.2 Å². The van der Waals surface area contributed by atoms with Crippen LogP contribution in [0.4, 0.5) is 11.6 Å². The third kappa shape index (κ3) is 3.51. The molecule has 0 atom stereocenters. The van der Waals surface area contributed by atoms with Gasteiger partial charge in [-0.05, 0) is 50.6 Å². The number of hydrogen-bond donors (Lipinski definition) is 1. The molecule has 4 rings (SSSR count). The highest BCUT2D eigenvalue weighted by Crippen LogP contribution is 2.32. The summed E-state index contributed by atoms with van der Waals surface area (Å²) >= 11 is 0. The maximum Gasteiger partial charge on any atom is 0.342 e. The van der Waals surface area contributed by atoms with Crippen molar-refractivity contribution in [2.75, 3.05) is 17.3 Å². The van der Waals surface area contributed by atoms with Crippen LogP contribution in [0.3, 0.4) is 0 Å². The normalized spacial score (nSPS) is 12.4. The highest BCUT2D eigenvalue weighted by atomic mass is 16.5. The second kappa shape index (κ2) is 8.33. The first-order valence-corrected chi connectivity index (χ1v) is 10.2. The van der Waals surface area contributed by atoms with Gasteiger partial charge in [0.2, 0.25) is 5.88 Å². The van der Waals surface area contributed by atoms with E-state index in [0.29, 0.717) is 5.69 Å². The van der Waals surface area contributed by atoms with Crippen LogP contribution in [-0.4, -0.2) is 30.8 Å². The smallest absolute Gasteiger partial charge is 0.342 e. The number of carbonyl (C=O) groups is 4. The van der Waals surface area contributed by atoms with Gasteiger partial charge in [0.1, 0.15) is 23.0 Å². The Hall–Kier alpha value is -4.71. The van der Waals surface area contributed by atoms with Crippen molar-refractivity contribution in [3.05, 3.63) is 81.1 Å². The number of esters is 1. The number of benzene rings is 2. The third-order valence-corrected chi connectivity index (χ3v) is 5.55. The number of rotatable bonds is 4. The highest BCUT2D eigenvalue weighted by molar-refractivity contribution is 6.35. The average Bonchev–Trinajstić information content (AvgIpc) is 3.25. The first-order chi connectivity index (χ1) is 16.2. The average molecular weight is 457 g/mol. The molecule has 9 heteroatoms. The second-order valence-electron chi connectivity index (χ2n) is 7.79. The Labute approximate surface area is 194 Å². The van der Waals surface area contributed by atoms with Gasteiger partial charge in [0, 0.05) is 5.56 Å². The minimum absolute atomic E-state index is 0.0694. The zero-order chi connectivity index (χ0) is 24.7. The summed E-state index contributed by atoms with van der Waals surface area (Å²) in [6.45, 7) is 5.19. The van der Waals surface area contributed by atoms with Gasteiger partial charge in [-0.3, -0.25) is 19.7 Å². The van der Waals surface area contributed by atoms with Crippen molar-refractivity contribution in [2.45, 2.75) is 20.8 Å². The summed E-state index contributed by atoms with van der Waals surface area (Å²) < 4.78 is 10.1. The molecule has 2 heterocycles. The molecule has 34 heavy (non-hydrogen) atoms. The molecular weight excluding hydrogens is 438 g/mol. The van der Waals surface area contributed by atoms with Gasteiger partial charge >= 0.3 is 5.97 Å². The first kappa shape index (κ1) is 22.5. The lowest BCUT2D eigenvalue weighted by Crippen LogP contribution is -2.30. The standard InChI is InChI=1S/C25H19N3O6/c1-12-5-8-19(13(2)9-12)28-23(30)16-7-6-15(10-17(16)24(28)31)21(29)27-22-18(11-26)20(14(3)34-22)25(32)33-4/h5-10H,1-4H3,(H,27,29). The lowest BCUT2D eigenvalue weighted by atomic mass is 10.1. The summed E-state index contributed by atoms with van der Waals surface area (Å²) in [5, 5.41) is 11.9. The van der Waals surface area contributed by atoms with E-state index in [1.54, 1.807) is 6.07 Å². The summed E-state index contributed by atoms with van der Waals surface area (Å²) in [5.41, 5.74) is 2.32. The van der Waals surface area contributed by atoms with Crippen molar-refractivity contribution in [1.29, 1.82) is 5.26 Å². The Kier molecular flexibility index (Phi) is 5.51. The van der Waals surface area contributed by atoms with E-state index in [0.717, 1.165) is 16.0 Å². The van der Waals surface area contributed by atoms with Crippen LogP contribution in [0.5, 0.6) is 0 Å². The maximum atomic E-state index is 13.1. The monoisotopic (exact) mass is 457 g/mol. The van der Waals surface area contributed by atoms with Crippen LogP contribution in [0, 0.1) is 32.1 Å². The van der Waals surface area contributed by atoms with E-state index in [-0.39, 0.29) is 39.5 Å². The fraction of sp³-hybridized carbons (Fsp3) is 0.160. The zero-order valence-electron chi connectivity index (χ0n) is 18.8. The van der Waals surface area contributed by atoms with E-state index in [4.69, 9.17) is 4.42 Å². The quantitative estimate of drug-likeness (QED) is 0.464. The molecule has 0 spiro atoms. The van der Waals surface area contributed by atoms with Gasteiger partial charge in [-0.1, -0.05) is 17.7 Å². The Morgan fingerprint density at radius 2 is 1.74 bits per heavy atom. The SMILES string of the molecule is COC(=O)c1c(C)oc(NC(=O)c2ccc3c(c2)C(=O)N(c2ccc(C)cc2C)C3=O)c1C#N. The number of ether oxygens (including phenoxy) is 1. The molecule has 2 aromatic carbocycles. The number of nitrogens with one attached hydrogen (secondary N) is 1. The van der Waals surface area contributed by atoms with Gasteiger partial charge in [-0.25, -0.2) is 9.69 Å². The van der Waals surface area contributed by atoms with Crippen LogP contribution in [0.1, 0.15) is 63.9 Å². The predicted molar refractivity (Wildman–Crippen MR) is 121 cm³/mol. The molecule has 0 bridgehead atoms. The van der Waals surface area contributed by atoms with Crippen molar-refractivity contribution in [2.24, 2.45) is 0 Å². The molecule has 0 aliphatic carbocycles. The number of fused-ring (bicyclic) bond motifs is 1. The second-order valence-corrected chi connectivity index (χ2v) is 7.79. The highest BCUT2D eigenvalue weighted by Gasteiger charge is 2.38. The van der Waals surface area contributed by atoms with Gasteiger partial charge in [0.15, 0.2) is 0 Å². The molecule has 3 amide bonds. The maximum absolute atomic E-state index is 13.1. The molecule has 0 radical (unpaired) electrons. The summed E-state index contributed by atoms with van der Waals surface area (Å²) in [5.74, 6) is -2.58. The fourth-order valence-electron chi connectivity index (χ4n) is 3.92. The number of aryl methyl sites for hydroxylation is 3. The number of carbonyl (C=O) groups excluding carboxylic acids is 4. The molecule has 0 unspecified atom stereocenters. The van der Waals surface area contributed by atoms with Crippen LogP contribution in [-0.2, 0) is 4.74 Å². The largest absolute Gasteiger partial charge is 0.465 e. The van der Waals surface area contributed by atoms with Gasteiger partial charge in [-0.2, -0.15) is 5.26 Å². The number of furan rings is 1. The molecule has 0 fully saturated rings. The minimum Gasteiger partial charge on any atom is -0.465 e. The number of hydrogen-bond acceptors (Lipinski definition) is 7. The van der Waals surface area contributed by atoms with Gasteiger partial charge in [0.05, 0.1) is 23.9 Å². The van der Waals surface area contributed by atoms with Crippen molar-refractivity contribution in [3.63, 3.8) is 0 Å². The molecule has 0 saturated heterocycles. The number of anilines is 2. The minimum atomic E-state index is -0.772. The summed E-state index contributed by atoms with van der Waals surface area (Å²) in [6.07, 6.45) is 0. The Balaban J connectivity index is 1.66. The molecule has 1 aromatic heterocycles.